The van der Waals surface area contributed by atoms with Crippen LogP contribution in [-0.2, 0) is 0 Å². The van der Waals surface area contributed by atoms with Crippen LogP contribution >= 0.6 is 0 Å². The van der Waals surface area contributed by atoms with E-state index in [9.17, 15) is 5.11 Å². The number of hydrogen-bond acceptors (Lipinski definition) is 4. The molecule has 2 aromatic rings. The van der Waals surface area contributed by atoms with Gasteiger partial charge in [-0.05, 0) is 36.4 Å². The van der Waals surface area contributed by atoms with Gasteiger partial charge in [-0.25, -0.2) is 4.98 Å². The molecule has 0 spiro atoms. The van der Waals surface area contributed by atoms with Gasteiger partial charge in [0.2, 0.25) is 0 Å². The molecule has 4 nitrogen and oxygen atoms in total. The largest absolute Gasteiger partial charge is 0.497 e. The predicted octanol–water partition coefficient (Wildman–Crippen LogP) is 2.96. The number of methoxy groups -OCH3 is 1. The van der Waals surface area contributed by atoms with Crippen molar-refractivity contribution in [2.75, 3.05) is 19.0 Å². The van der Waals surface area contributed by atoms with Crippen LogP contribution in [0.3, 0.4) is 0 Å². The highest BCUT2D eigenvalue weighted by molar-refractivity contribution is 5.92. The van der Waals surface area contributed by atoms with E-state index in [0.717, 1.165) is 48.0 Å². The van der Waals surface area contributed by atoms with Crippen molar-refractivity contribution < 1.29 is 9.84 Å². The summed E-state index contributed by atoms with van der Waals surface area (Å²) in [5.74, 6) is 1.62. The number of aliphatic hydroxyl groups is 1. The van der Waals surface area contributed by atoms with Crippen LogP contribution in [0.15, 0.2) is 30.5 Å². The van der Waals surface area contributed by atoms with Crippen LogP contribution in [0.5, 0.6) is 5.75 Å². The van der Waals surface area contributed by atoms with Crippen molar-refractivity contribution in [3.05, 3.63) is 30.5 Å². The summed E-state index contributed by atoms with van der Waals surface area (Å²) >= 11 is 0. The van der Waals surface area contributed by atoms with Crippen LogP contribution in [0.4, 0.5) is 5.82 Å². The zero-order valence-corrected chi connectivity index (χ0v) is 11.7. The van der Waals surface area contributed by atoms with Gasteiger partial charge in [-0.1, -0.05) is 18.9 Å². The third-order valence-corrected chi connectivity index (χ3v) is 4.09. The van der Waals surface area contributed by atoms with Gasteiger partial charge in [0.25, 0.3) is 0 Å². The summed E-state index contributed by atoms with van der Waals surface area (Å²) in [7, 11) is 1.66. The second-order valence-corrected chi connectivity index (χ2v) is 5.53. The molecular weight excluding hydrogens is 252 g/mol. The quantitative estimate of drug-likeness (QED) is 0.898. The van der Waals surface area contributed by atoms with E-state index in [0.29, 0.717) is 6.54 Å². The summed E-state index contributed by atoms with van der Waals surface area (Å²) < 4.78 is 5.27. The number of nitrogens with one attached hydrogen (secondary N) is 1. The first-order valence-electron chi connectivity index (χ1n) is 7.09. The zero-order valence-electron chi connectivity index (χ0n) is 11.7. The molecule has 2 N–H and O–H groups in total. The molecule has 1 aromatic carbocycles. The van der Waals surface area contributed by atoms with E-state index in [1.807, 2.05) is 24.3 Å². The fourth-order valence-corrected chi connectivity index (χ4v) is 2.87. The summed E-state index contributed by atoms with van der Waals surface area (Å²) in [6, 6.07) is 7.91. The monoisotopic (exact) mass is 272 g/mol. The molecule has 0 unspecified atom stereocenters. The highest BCUT2D eigenvalue weighted by Crippen LogP contribution is 2.31. The average Bonchev–Trinajstić information content (AvgIpc) is 2.91. The fourth-order valence-electron chi connectivity index (χ4n) is 2.87. The lowest BCUT2D eigenvalue weighted by molar-refractivity contribution is 0.0614. The van der Waals surface area contributed by atoms with Crippen LogP contribution in [0.25, 0.3) is 10.8 Å². The molecule has 1 fully saturated rings. The molecule has 0 amide bonds. The SMILES string of the molecule is COc1ccc2ccnc(NCC3(O)CCCC3)c2c1. The molecule has 20 heavy (non-hydrogen) atoms. The van der Waals surface area contributed by atoms with Gasteiger partial charge in [-0.3, -0.25) is 0 Å². The number of benzene rings is 1. The van der Waals surface area contributed by atoms with E-state index in [4.69, 9.17) is 4.74 Å². The summed E-state index contributed by atoms with van der Waals surface area (Å²) in [4.78, 5) is 4.40. The van der Waals surface area contributed by atoms with Crippen molar-refractivity contribution in [1.29, 1.82) is 0 Å². The number of aromatic nitrogens is 1. The standard InChI is InChI=1S/C16H20N2O2/c1-20-13-5-4-12-6-9-17-15(14(12)10-13)18-11-16(19)7-2-3-8-16/h4-6,9-10,19H,2-3,7-8,11H2,1H3,(H,17,18). The third-order valence-electron chi connectivity index (χ3n) is 4.09. The highest BCUT2D eigenvalue weighted by atomic mass is 16.5. The van der Waals surface area contributed by atoms with Crippen LogP contribution in [0.1, 0.15) is 25.7 Å². The smallest absolute Gasteiger partial charge is 0.134 e. The fraction of sp³-hybridized carbons (Fsp3) is 0.438. The summed E-state index contributed by atoms with van der Waals surface area (Å²) in [5, 5.41) is 15.8. The van der Waals surface area contributed by atoms with Gasteiger partial charge < -0.3 is 15.2 Å². The third kappa shape index (κ3) is 2.56. The van der Waals surface area contributed by atoms with Gasteiger partial charge in [-0.15, -0.1) is 0 Å². The van der Waals surface area contributed by atoms with Crippen molar-refractivity contribution >= 4 is 16.6 Å². The van der Waals surface area contributed by atoms with Crippen LogP contribution in [-0.4, -0.2) is 29.3 Å². The van der Waals surface area contributed by atoms with E-state index in [1.165, 1.54) is 0 Å². The van der Waals surface area contributed by atoms with Crippen LogP contribution in [0.2, 0.25) is 0 Å². The number of hydrogen-bond donors (Lipinski definition) is 2. The molecule has 1 aliphatic carbocycles. The molecule has 1 aliphatic rings. The van der Waals surface area contributed by atoms with Gasteiger partial charge in [0.05, 0.1) is 12.7 Å². The van der Waals surface area contributed by atoms with Crippen molar-refractivity contribution in [2.24, 2.45) is 0 Å². The lowest BCUT2D eigenvalue weighted by atomic mass is 10.0. The van der Waals surface area contributed by atoms with E-state index >= 15 is 0 Å². The summed E-state index contributed by atoms with van der Waals surface area (Å²) in [6.07, 6.45) is 5.74. The maximum atomic E-state index is 10.4. The molecule has 0 bridgehead atoms. The number of rotatable bonds is 4. The Labute approximate surface area is 118 Å². The Morgan fingerprint density at radius 2 is 2.10 bits per heavy atom. The number of anilines is 1. The van der Waals surface area contributed by atoms with Crippen molar-refractivity contribution in [2.45, 2.75) is 31.3 Å². The Bertz CT molecular complexity index is 606. The Morgan fingerprint density at radius 3 is 2.85 bits per heavy atom. The molecule has 1 saturated carbocycles. The normalized spacial score (nSPS) is 17.3. The van der Waals surface area contributed by atoms with E-state index in [2.05, 4.69) is 10.3 Å². The second-order valence-electron chi connectivity index (χ2n) is 5.53. The maximum Gasteiger partial charge on any atom is 0.134 e. The Hall–Kier alpha value is -1.81. The molecular formula is C16H20N2O2. The second kappa shape index (κ2) is 5.29. The lowest BCUT2D eigenvalue weighted by Gasteiger charge is -2.23. The van der Waals surface area contributed by atoms with Crippen molar-refractivity contribution in [3.8, 4) is 5.75 Å². The Morgan fingerprint density at radius 1 is 1.30 bits per heavy atom. The molecule has 0 atom stereocenters. The zero-order chi connectivity index (χ0) is 14.0. The number of nitrogens with zero attached hydrogens (tertiary/aromatic N) is 1. The Kier molecular flexibility index (Phi) is 3.49. The lowest BCUT2D eigenvalue weighted by Crippen LogP contribution is -2.33. The number of pyridine rings is 1. The summed E-state index contributed by atoms with van der Waals surface area (Å²) in [6.45, 7) is 0.552. The van der Waals surface area contributed by atoms with Crippen molar-refractivity contribution in [1.82, 2.24) is 4.98 Å². The van der Waals surface area contributed by atoms with E-state index in [-0.39, 0.29) is 0 Å². The molecule has 0 saturated heterocycles. The van der Waals surface area contributed by atoms with Gasteiger partial charge in [0.15, 0.2) is 0 Å². The first-order chi connectivity index (χ1) is 9.70. The van der Waals surface area contributed by atoms with Crippen molar-refractivity contribution in [3.63, 3.8) is 0 Å². The Balaban J connectivity index is 1.86. The van der Waals surface area contributed by atoms with Gasteiger partial charge in [0.1, 0.15) is 11.6 Å². The number of fused-ring (bicyclic) bond motifs is 1. The maximum absolute atomic E-state index is 10.4. The predicted molar refractivity (Wildman–Crippen MR) is 80.2 cm³/mol. The first-order valence-corrected chi connectivity index (χ1v) is 7.09. The van der Waals surface area contributed by atoms with E-state index < -0.39 is 5.60 Å². The molecule has 0 aliphatic heterocycles. The average molecular weight is 272 g/mol. The van der Waals surface area contributed by atoms with Gasteiger partial charge >= 0.3 is 0 Å². The van der Waals surface area contributed by atoms with Crippen LogP contribution in [0, 0.1) is 0 Å². The minimum absolute atomic E-state index is 0.552. The van der Waals surface area contributed by atoms with Gasteiger partial charge in [-0.2, -0.15) is 0 Å². The first kappa shape index (κ1) is 13.2. The molecule has 3 rings (SSSR count). The molecule has 0 radical (unpaired) electrons. The molecule has 106 valence electrons. The minimum atomic E-state index is -0.581. The minimum Gasteiger partial charge on any atom is -0.497 e. The molecule has 1 heterocycles. The number of ether oxygens (including phenoxy) is 1. The topological polar surface area (TPSA) is 54.4 Å². The highest BCUT2D eigenvalue weighted by Gasteiger charge is 2.30. The van der Waals surface area contributed by atoms with Crippen LogP contribution < -0.4 is 10.1 Å². The summed E-state index contributed by atoms with van der Waals surface area (Å²) in [5.41, 5.74) is -0.581. The van der Waals surface area contributed by atoms with E-state index in [1.54, 1.807) is 13.3 Å². The molecule has 1 aromatic heterocycles. The van der Waals surface area contributed by atoms with Gasteiger partial charge in [0, 0.05) is 18.1 Å². The molecule has 4 heteroatoms.